The number of nitrogens with one attached hydrogen (secondary N) is 1. The van der Waals surface area contributed by atoms with Crippen LogP contribution in [-0.4, -0.2) is 6.04 Å². The molecule has 2 bridgehead atoms. The average molecular weight is 163 g/mol. The summed E-state index contributed by atoms with van der Waals surface area (Å²) < 4.78 is 12.9. The van der Waals surface area contributed by atoms with Gasteiger partial charge in [0.1, 0.15) is 5.83 Å². The van der Waals surface area contributed by atoms with E-state index >= 15 is 0 Å². The zero-order valence-corrected chi connectivity index (χ0v) is 6.89. The molecule has 0 saturated carbocycles. The van der Waals surface area contributed by atoms with Gasteiger partial charge in [0.05, 0.1) is 5.70 Å². The second-order valence-electron chi connectivity index (χ2n) is 3.18. The van der Waals surface area contributed by atoms with Crippen molar-refractivity contribution < 1.29 is 4.39 Å². The van der Waals surface area contributed by atoms with Crippen molar-refractivity contribution in [3.63, 3.8) is 0 Å². The largest absolute Gasteiger partial charge is 0.376 e. The van der Waals surface area contributed by atoms with E-state index < -0.39 is 0 Å². The molecule has 0 aromatic carbocycles. The molecule has 0 amide bonds. The van der Waals surface area contributed by atoms with E-state index in [0.717, 1.165) is 17.7 Å². The highest BCUT2D eigenvalue weighted by Crippen LogP contribution is 2.19. The lowest BCUT2D eigenvalue weighted by Gasteiger charge is -2.17. The van der Waals surface area contributed by atoms with Gasteiger partial charge in [-0.3, -0.25) is 0 Å². The van der Waals surface area contributed by atoms with Crippen LogP contribution in [0.4, 0.5) is 4.39 Å². The predicted octanol–water partition coefficient (Wildman–Crippen LogP) is 2.20. The quantitative estimate of drug-likeness (QED) is 0.540. The minimum Gasteiger partial charge on any atom is -0.376 e. The first-order chi connectivity index (χ1) is 5.74. The van der Waals surface area contributed by atoms with Crippen molar-refractivity contribution in [1.29, 1.82) is 0 Å². The maximum absolute atomic E-state index is 12.9. The highest BCUT2D eigenvalue weighted by molar-refractivity contribution is 5.38. The third-order valence-corrected chi connectivity index (χ3v) is 1.94. The van der Waals surface area contributed by atoms with Gasteiger partial charge in [0.2, 0.25) is 0 Å². The van der Waals surface area contributed by atoms with Crippen LogP contribution < -0.4 is 5.32 Å². The van der Waals surface area contributed by atoms with Crippen LogP contribution >= 0.6 is 0 Å². The maximum atomic E-state index is 12.9. The molecular weight excluding hydrogens is 153 g/mol. The van der Waals surface area contributed by atoms with Crippen molar-refractivity contribution in [2.45, 2.75) is 19.4 Å². The second-order valence-corrected chi connectivity index (χ2v) is 3.18. The smallest absolute Gasteiger partial charge is 0.124 e. The van der Waals surface area contributed by atoms with Gasteiger partial charge in [-0.25, -0.2) is 4.39 Å². The lowest BCUT2D eigenvalue weighted by molar-refractivity contribution is 0.608. The van der Waals surface area contributed by atoms with Crippen LogP contribution in [0.5, 0.6) is 0 Å². The summed E-state index contributed by atoms with van der Waals surface area (Å²) in [5, 5.41) is 3.21. The van der Waals surface area contributed by atoms with Crippen LogP contribution in [0.15, 0.2) is 41.1 Å². The molecule has 0 aromatic heterocycles. The fourth-order valence-corrected chi connectivity index (χ4v) is 1.47. The molecule has 1 aliphatic heterocycles. The van der Waals surface area contributed by atoms with Gasteiger partial charge in [-0.1, -0.05) is 5.73 Å². The summed E-state index contributed by atoms with van der Waals surface area (Å²) in [7, 11) is 0. The van der Waals surface area contributed by atoms with E-state index in [1.807, 2.05) is 0 Å². The molecule has 1 heterocycles. The van der Waals surface area contributed by atoms with Gasteiger partial charge in [0, 0.05) is 11.6 Å². The highest BCUT2D eigenvalue weighted by atomic mass is 19.1. The Morgan fingerprint density at radius 3 is 3.25 bits per heavy atom. The predicted molar refractivity (Wildman–Crippen MR) is 46.1 cm³/mol. The Labute approximate surface area is 71.0 Å². The zero-order valence-electron chi connectivity index (χ0n) is 6.89. The standard InChI is InChI=1S/C10H10FN/c1-7-4-8-5-9(11)2-3-10(6-8)12-7/h2-3,5,7,12H,4H2,1H3. The molecule has 0 aromatic rings. The van der Waals surface area contributed by atoms with Gasteiger partial charge in [0.15, 0.2) is 0 Å². The van der Waals surface area contributed by atoms with Gasteiger partial charge < -0.3 is 5.32 Å². The third kappa shape index (κ3) is 1.34. The van der Waals surface area contributed by atoms with Crippen LogP contribution in [0, 0.1) is 0 Å². The van der Waals surface area contributed by atoms with Crippen LogP contribution in [0.2, 0.25) is 0 Å². The molecule has 12 heavy (non-hydrogen) atoms. The summed E-state index contributed by atoms with van der Waals surface area (Å²) in [6, 6.07) is 0.378. The minimum atomic E-state index is -0.191. The lowest BCUT2D eigenvalue weighted by atomic mass is 10.1. The summed E-state index contributed by atoms with van der Waals surface area (Å²) in [6.07, 6.45) is 5.56. The number of rotatable bonds is 0. The minimum absolute atomic E-state index is 0.191. The van der Waals surface area contributed by atoms with Crippen molar-refractivity contribution in [3.05, 3.63) is 41.1 Å². The molecule has 1 atom stereocenters. The van der Waals surface area contributed by atoms with E-state index in [1.165, 1.54) is 6.08 Å². The van der Waals surface area contributed by atoms with Gasteiger partial charge in [-0.2, -0.15) is 0 Å². The first-order valence-corrected chi connectivity index (χ1v) is 4.05. The molecule has 1 unspecified atom stereocenters. The molecular formula is C10H10FN. The monoisotopic (exact) mass is 163 g/mol. The van der Waals surface area contributed by atoms with Crippen molar-refractivity contribution >= 4 is 0 Å². The lowest BCUT2D eigenvalue weighted by Crippen LogP contribution is -2.26. The molecule has 2 heteroatoms. The van der Waals surface area contributed by atoms with E-state index in [1.54, 1.807) is 12.2 Å². The van der Waals surface area contributed by atoms with Crippen molar-refractivity contribution in [2.24, 2.45) is 0 Å². The van der Waals surface area contributed by atoms with Crippen molar-refractivity contribution in [2.75, 3.05) is 0 Å². The average Bonchev–Trinajstić information content (AvgIpc) is 2.10. The van der Waals surface area contributed by atoms with Gasteiger partial charge in [0.25, 0.3) is 0 Å². The summed E-state index contributed by atoms with van der Waals surface area (Å²) in [4.78, 5) is 0. The van der Waals surface area contributed by atoms with Crippen LogP contribution in [0.1, 0.15) is 13.3 Å². The molecule has 0 spiro atoms. The second kappa shape index (κ2) is 2.65. The molecule has 2 aliphatic rings. The normalized spacial score (nSPS) is 26.5. The Hall–Kier alpha value is -1.27. The van der Waals surface area contributed by atoms with E-state index in [-0.39, 0.29) is 5.83 Å². The highest BCUT2D eigenvalue weighted by Gasteiger charge is 2.12. The molecule has 0 saturated heterocycles. The van der Waals surface area contributed by atoms with Crippen molar-refractivity contribution in [1.82, 2.24) is 5.32 Å². The molecule has 0 radical (unpaired) electrons. The molecule has 1 nitrogen and oxygen atoms in total. The molecule has 1 aliphatic carbocycles. The van der Waals surface area contributed by atoms with Gasteiger partial charge in [-0.15, -0.1) is 0 Å². The first-order valence-electron chi connectivity index (χ1n) is 4.05. The summed E-state index contributed by atoms with van der Waals surface area (Å²) in [5.41, 5.74) is 4.92. The molecule has 62 valence electrons. The summed E-state index contributed by atoms with van der Waals surface area (Å²) in [5.74, 6) is -0.191. The Morgan fingerprint density at radius 1 is 1.58 bits per heavy atom. The zero-order chi connectivity index (χ0) is 8.55. The fraction of sp³-hybridized carbons (Fsp3) is 0.300. The van der Waals surface area contributed by atoms with Gasteiger partial charge >= 0.3 is 0 Å². The Kier molecular flexibility index (Phi) is 1.63. The fourth-order valence-electron chi connectivity index (χ4n) is 1.47. The SMILES string of the molecule is CC1CC2=C=C(C=CC(F)=C2)N1. The number of halogens is 1. The molecule has 2 rings (SSSR count). The van der Waals surface area contributed by atoms with Gasteiger partial charge in [-0.05, 0) is 31.6 Å². The maximum Gasteiger partial charge on any atom is 0.124 e. The van der Waals surface area contributed by atoms with E-state index in [4.69, 9.17) is 0 Å². The number of allylic oxidation sites excluding steroid dienone is 3. The summed E-state index contributed by atoms with van der Waals surface area (Å²) in [6.45, 7) is 2.08. The first kappa shape index (κ1) is 7.38. The summed E-state index contributed by atoms with van der Waals surface area (Å²) >= 11 is 0. The third-order valence-electron chi connectivity index (χ3n) is 1.94. The Morgan fingerprint density at radius 2 is 2.42 bits per heavy atom. The molecule has 1 N–H and O–H groups in total. The number of hydrogen-bond donors (Lipinski definition) is 1. The van der Waals surface area contributed by atoms with Crippen LogP contribution in [0.3, 0.4) is 0 Å². The van der Waals surface area contributed by atoms with Crippen molar-refractivity contribution in [3.8, 4) is 0 Å². The van der Waals surface area contributed by atoms with E-state index in [9.17, 15) is 4.39 Å². The Bertz CT molecular complexity index is 330. The Balaban J connectivity index is 2.42. The van der Waals surface area contributed by atoms with Crippen LogP contribution in [-0.2, 0) is 0 Å². The van der Waals surface area contributed by atoms with Crippen LogP contribution in [0.25, 0.3) is 0 Å². The van der Waals surface area contributed by atoms with E-state index in [2.05, 4.69) is 18.0 Å². The topological polar surface area (TPSA) is 12.0 Å². The van der Waals surface area contributed by atoms with E-state index in [0.29, 0.717) is 6.04 Å². The number of hydrogen-bond acceptors (Lipinski definition) is 1. The molecule has 0 fully saturated rings.